The van der Waals surface area contributed by atoms with E-state index in [1.54, 1.807) is 0 Å². The van der Waals surface area contributed by atoms with Crippen LogP contribution in [0.25, 0.3) is 22.5 Å². The fourth-order valence-electron chi connectivity index (χ4n) is 3.36. The van der Waals surface area contributed by atoms with Gasteiger partial charge in [-0.15, -0.1) is 0 Å². The van der Waals surface area contributed by atoms with Crippen LogP contribution in [0.5, 0.6) is 0 Å². The van der Waals surface area contributed by atoms with Crippen LogP contribution in [-0.2, 0) is 6.54 Å². The third-order valence-electron chi connectivity index (χ3n) is 4.86. The van der Waals surface area contributed by atoms with Gasteiger partial charge in [-0.25, -0.2) is 0 Å². The van der Waals surface area contributed by atoms with Gasteiger partial charge in [-0.05, 0) is 42.7 Å². The summed E-state index contributed by atoms with van der Waals surface area (Å²) in [6.07, 6.45) is 0. The summed E-state index contributed by atoms with van der Waals surface area (Å²) in [4.78, 5) is 0. The number of nitrogens with zero attached hydrogens (tertiary/aromatic N) is 1. The molecule has 1 heterocycles. The minimum absolute atomic E-state index is 0.861. The lowest BCUT2D eigenvalue weighted by atomic mass is 10.1. The normalized spacial score (nSPS) is 10.8. The molecule has 0 N–H and O–H groups in total. The molecule has 1 nitrogen and oxygen atoms in total. The van der Waals surface area contributed by atoms with E-state index >= 15 is 0 Å². The van der Waals surface area contributed by atoms with Crippen molar-refractivity contribution in [3.8, 4) is 22.5 Å². The van der Waals surface area contributed by atoms with E-state index < -0.39 is 0 Å². The minimum Gasteiger partial charge on any atom is -0.336 e. The summed E-state index contributed by atoms with van der Waals surface area (Å²) in [5, 5.41) is 0. The second kappa shape index (κ2) is 7.05. The maximum absolute atomic E-state index is 2.42. The molecule has 0 unspecified atom stereocenters. The van der Waals surface area contributed by atoms with Gasteiger partial charge in [-0.3, -0.25) is 0 Å². The Bertz CT molecular complexity index is 927. The van der Waals surface area contributed by atoms with Gasteiger partial charge in [-0.2, -0.15) is 0 Å². The van der Waals surface area contributed by atoms with Crippen LogP contribution < -0.4 is 0 Å². The lowest BCUT2D eigenvalue weighted by Crippen LogP contribution is -2.03. The van der Waals surface area contributed by atoms with Crippen molar-refractivity contribution in [1.82, 2.24) is 4.57 Å². The van der Waals surface area contributed by atoms with Crippen LogP contribution >= 0.6 is 0 Å². The highest BCUT2D eigenvalue weighted by Gasteiger charge is 2.12. The van der Waals surface area contributed by atoms with Gasteiger partial charge in [-0.1, -0.05) is 90.0 Å². The highest BCUT2D eigenvalue weighted by Crippen LogP contribution is 2.30. The fraction of sp³-hybridized carbons (Fsp3) is 0.120. The lowest BCUT2D eigenvalue weighted by Gasteiger charge is -2.15. The number of benzene rings is 3. The zero-order chi connectivity index (χ0) is 17.9. The maximum atomic E-state index is 2.42. The summed E-state index contributed by atoms with van der Waals surface area (Å²) >= 11 is 0. The highest BCUT2D eigenvalue weighted by atomic mass is 15.0. The Balaban J connectivity index is 1.83. The molecule has 0 aliphatic heterocycles. The molecule has 4 aromatic rings. The fourth-order valence-corrected chi connectivity index (χ4v) is 3.36. The first-order valence-electron chi connectivity index (χ1n) is 9.08. The molecule has 1 aromatic heterocycles. The van der Waals surface area contributed by atoms with Crippen molar-refractivity contribution < 1.29 is 0 Å². The van der Waals surface area contributed by atoms with Gasteiger partial charge in [0, 0.05) is 17.9 Å². The minimum atomic E-state index is 0.861. The zero-order valence-electron chi connectivity index (χ0n) is 15.3. The molecule has 3 aromatic carbocycles. The Morgan fingerprint density at radius 1 is 0.538 bits per heavy atom. The van der Waals surface area contributed by atoms with Crippen LogP contribution in [0.1, 0.15) is 16.7 Å². The maximum Gasteiger partial charge on any atom is 0.0488 e. The summed E-state index contributed by atoms with van der Waals surface area (Å²) in [7, 11) is 0. The summed E-state index contributed by atoms with van der Waals surface area (Å²) in [6, 6.07) is 32.7. The van der Waals surface area contributed by atoms with Crippen molar-refractivity contribution in [2.45, 2.75) is 20.4 Å². The van der Waals surface area contributed by atoms with Gasteiger partial charge in [0.1, 0.15) is 0 Å². The first kappa shape index (κ1) is 16.4. The van der Waals surface area contributed by atoms with E-state index in [1.807, 2.05) is 0 Å². The largest absolute Gasteiger partial charge is 0.336 e. The van der Waals surface area contributed by atoms with Crippen LogP contribution in [0.15, 0.2) is 91.0 Å². The predicted octanol–water partition coefficient (Wildman–Crippen LogP) is 6.49. The van der Waals surface area contributed by atoms with Gasteiger partial charge in [0.25, 0.3) is 0 Å². The van der Waals surface area contributed by atoms with Crippen LogP contribution in [0, 0.1) is 13.8 Å². The van der Waals surface area contributed by atoms with E-state index in [0.717, 1.165) is 6.54 Å². The molecule has 0 amide bonds. The van der Waals surface area contributed by atoms with Crippen LogP contribution in [-0.4, -0.2) is 4.57 Å². The smallest absolute Gasteiger partial charge is 0.0488 e. The Morgan fingerprint density at radius 2 is 1.00 bits per heavy atom. The molecular formula is C25H23N. The van der Waals surface area contributed by atoms with E-state index in [2.05, 4.69) is 109 Å². The monoisotopic (exact) mass is 337 g/mol. The lowest BCUT2D eigenvalue weighted by molar-refractivity contribution is 0.822. The van der Waals surface area contributed by atoms with E-state index in [9.17, 15) is 0 Å². The van der Waals surface area contributed by atoms with Crippen molar-refractivity contribution in [3.05, 3.63) is 108 Å². The number of hydrogen-bond acceptors (Lipinski definition) is 0. The molecule has 0 atom stereocenters. The summed E-state index contributed by atoms with van der Waals surface area (Å²) in [5.41, 5.74) is 8.90. The molecule has 4 rings (SSSR count). The molecule has 128 valence electrons. The van der Waals surface area contributed by atoms with Gasteiger partial charge >= 0.3 is 0 Å². The zero-order valence-corrected chi connectivity index (χ0v) is 15.3. The van der Waals surface area contributed by atoms with Crippen LogP contribution in [0.3, 0.4) is 0 Å². The Hall–Kier alpha value is -3.06. The first-order chi connectivity index (χ1) is 12.7. The molecule has 0 saturated heterocycles. The van der Waals surface area contributed by atoms with Gasteiger partial charge in [0.05, 0.1) is 0 Å². The van der Waals surface area contributed by atoms with Crippen molar-refractivity contribution >= 4 is 0 Å². The molecule has 0 fully saturated rings. The summed E-state index contributed by atoms with van der Waals surface area (Å²) in [6.45, 7) is 5.12. The summed E-state index contributed by atoms with van der Waals surface area (Å²) < 4.78 is 2.42. The van der Waals surface area contributed by atoms with Gasteiger partial charge in [0.2, 0.25) is 0 Å². The van der Waals surface area contributed by atoms with E-state index in [0.29, 0.717) is 0 Å². The molecule has 0 radical (unpaired) electrons. The van der Waals surface area contributed by atoms with Crippen LogP contribution in [0.2, 0.25) is 0 Å². The second-order valence-corrected chi connectivity index (χ2v) is 6.91. The third kappa shape index (κ3) is 3.34. The average molecular weight is 337 g/mol. The van der Waals surface area contributed by atoms with E-state index in [4.69, 9.17) is 0 Å². The van der Waals surface area contributed by atoms with Gasteiger partial charge in [0.15, 0.2) is 0 Å². The number of aromatic nitrogens is 1. The summed E-state index contributed by atoms with van der Waals surface area (Å²) in [5.74, 6) is 0. The standard InChI is InChI=1S/C25H23N/c1-19-8-12-22(13-9-19)24-16-17-25(23-14-10-20(2)11-15-23)26(24)18-21-6-4-3-5-7-21/h3-17H,18H2,1-2H3. The SMILES string of the molecule is Cc1ccc(-c2ccc(-c3ccc(C)cc3)n2Cc2ccccc2)cc1. The molecular weight excluding hydrogens is 314 g/mol. The number of aryl methyl sites for hydroxylation is 2. The number of hydrogen-bond donors (Lipinski definition) is 0. The molecule has 0 saturated carbocycles. The molecule has 0 aliphatic carbocycles. The third-order valence-corrected chi connectivity index (χ3v) is 4.86. The topological polar surface area (TPSA) is 4.93 Å². The molecule has 0 spiro atoms. The van der Waals surface area contributed by atoms with E-state index in [-0.39, 0.29) is 0 Å². The average Bonchev–Trinajstić information content (AvgIpc) is 3.07. The first-order valence-corrected chi connectivity index (χ1v) is 9.08. The number of rotatable bonds is 4. The molecule has 0 aliphatic rings. The van der Waals surface area contributed by atoms with Gasteiger partial charge < -0.3 is 4.57 Å². The van der Waals surface area contributed by atoms with E-state index in [1.165, 1.54) is 39.2 Å². The highest BCUT2D eigenvalue weighted by molar-refractivity contribution is 5.70. The second-order valence-electron chi connectivity index (χ2n) is 6.91. The molecule has 1 heteroatoms. The molecule has 26 heavy (non-hydrogen) atoms. The van der Waals surface area contributed by atoms with Crippen molar-refractivity contribution in [2.75, 3.05) is 0 Å². The van der Waals surface area contributed by atoms with Crippen LogP contribution in [0.4, 0.5) is 0 Å². The van der Waals surface area contributed by atoms with Crippen molar-refractivity contribution in [3.63, 3.8) is 0 Å². The predicted molar refractivity (Wildman–Crippen MR) is 110 cm³/mol. The Kier molecular flexibility index (Phi) is 4.45. The van der Waals surface area contributed by atoms with Crippen molar-refractivity contribution in [2.24, 2.45) is 0 Å². The Labute approximate surface area is 155 Å². The molecule has 0 bridgehead atoms. The van der Waals surface area contributed by atoms with Crippen molar-refractivity contribution in [1.29, 1.82) is 0 Å². The Morgan fingerprint density at radius 3 is 1.46 bits per heavy atom. The quantitative estimate of drug-likeness (QED) is 0.401.